The van der Waals surface area contributed by atoms with Gasteiger partial charge in [-0.2, -0.15) is 0 Å². The van der Waals surface area contributed by atoms with Crippen LogP contribution < -0.4 is 0 Å². The van der Waals surface area contributed by atoms with E-state index in [1.165, 1.54) is 0 Å². The Morgan fingerprint density at radius 1 is 1.45 bits per heavy atom. The van der Waals surface area contributed by atoms with E-state index in [4.69, 9.17) is 0 Å². The van der Waals surface area contributed by atoms with Crippen molar-refractivity contribution < 1.29 is 9.59 Å². The van der Waals surface area contributed by atoms with Crippen LogP contribution in [0.4, 0.5) is 0 Å². The second-order valence-corrected chi connectivity index (χ2v) is 3.31. The van der Waals surface area contributed by atoms with Crippen LogP contribution in [0.1, 0.15) is 19.8 Å². The molecule has 2 aliphatic heterocycles. The van der Waals surface area contributed by atoms with Crippen molar-refractivity contribution in [2.75, 3.05) is 6.54 Å². The number of nitrogens with zero attached hydrogens (tertiary/aromatic N) is 1. The largest absolute Gasteiger partial charge is 0.332 e. The van der Waals surface area contributed by atoms with Gasteiger partial charge in [-0.05, 0) is 19.8 Å². The van der Waals surface area contributed by atoms with Crippen molar-refractivity contribution in [1.29, 1.82) is 0 Å². The van der Waals surface area contributed by atoms with Gasteiger partial charge in [0.25, 0.3) is 0 Å². The molecular formula is C8H11NO2. The van der Waals surface area contributed by atoms with Crippen molar-refractivity contribution in [3.05, 3.63) is 0 Å². The monoisotopic (exact) mass is 153 g/mol. The van der Waals surface area contributed by atoms with Crippen molar-refractivity contribution in [1.82, 2.24) is 4.90 Å². The van der Waals surface area contributed by atoms with E-state index in [1.807, 2.05) is 0 Å². The first-order valence-corrected chi connectivity index (χ1v) is 4.06. The molecule has 2 saturated heterocycles. The first-order valence-electron chi connectivity index (χ1n) is 4.06. The Morgan fingerprint density at radius 2 is 2.18 bits per heavy atom. The van der Waals surface area contributed by atoms with Gasteiger partial charge in [-0.3, -0.25) is 9.59 Å². The second kappa shape index (κ2) is 2.06. The summed E-state index contributed by atoms with van der Waals surface area (Å²) in [4.78, 5) is 24.4. The van der Waals surface area contributed by atoms with E-state index in [1.54, 1.807) is 11.8 Å². The van der Waals surface area contributed by atoms with E-state index in [0.717, 1.165) is 19.4 Å². The average molecular weight is 153 g/mol. The Morgan fingerprint density at radius 3 is 2.82 bits per heavy atom. The molecule has 0 spiro atoms. The quantitative estimate of drug-likeness (QED) is 0.466. The van der Waals surface area contributed by atoms with Gasteiger partial charge < -0.3 is 4.90 Å². The number of amides is 1. The molecule has 0 radical (unpaired) electrons. The number of ketones is 1. The number of fused-ring (bicyclic) bond motifs is 1. The van der Waals surface area contributed by atoms with Gasteiger partial charge in [0.2, 0.25) is 5.91 Å². The number of hydrogen-bond acceptors (Lipinski definition) is 2. The molecule has 0 saturated carbocycles. The van der Waals surface area contributed by atoms with Crippen LogP contribution in [0.15, 0.2) is 0 Å². The highest BCUT2D eigenvalue weighted by molar-refractivity contribution is 6.10. The summed E-state index contributed by atoms with van der Waals surface area (Å²) in [5.74, 6) is -0.190. The lowest BCUT2D eigenvalue weighted by Crippen LogP contribution is -2.29. The minimum absolute atomic E-state index is 0.0394. The maximum atomic E-state index is 11.3. The van der Waals surface area contributed by atoms with Crippen LogP contribution in [0.25, 0.3) is 0 Å². The summed E-state index contributed by atoms with van der Waals surface area (Å²) in [6.45, 7) is 2.50. The standard InChI is InChI=1S/C8H11NO2/c1-5-7(10)6-3-2-4-9(6)8(5)11/h5-6H,2-4H2,1H3/t5?,6-/m0/s1. The van der Waals surface area contributed by atoms with Crippen LogP contribution in [-0.4, -0.2) is 29.2 Å². The lowest BCUT2D eigenvalue weighted by Gasteiger charge is -2.12. The number of hydrogen-bond donors (Lipinski definition) is 0. The van der Waals surface area contributed by atoms with Crippen molar-refractivity contribution >= 4 is 11.7 Å². The summed E-state index contributed by atoms with van der Waals surface area (Å²) in [7, 11) is 0. The Hall–Kier alpha value is -0.860. The van der Waals surface area contributed by atoms with Gasteiger partial charge in [0.15, 0.2) is 5.78 Å². The molecule has 2 fully saturated rings. The van der Waals surface area contributed by atoms with Gasteiger partial charge in [-0.25, -0.2) is 0 Å². The maximum absolute atomic E-state index is 11.3. The Bertz CT molecular complexity index is 202. The Kier molecular flexibility index (Phi) is 1.28. The van der Waals surface area contributed by atoms with Crippen molar-refractivity contribution in [3.8, 4) is 0 Å². The van der Waals surface area contributed by atoms with E-state index in [2.05, 4.69) is 0 Å². The Labute approximate surface area is 65.4 Å². The molecule has 1 amide bonds. The van der Waals surface area contributed by atoms with Crippen LogP contribution in [0.3, 0.4) is 0 Å². The molecular weight excluding hydrogens is 142 g/mol. The van der Waals surface area contributed by atoms with Crippen LogP contribution >= 0.6 is 0 Å². The number of Topliss-reactive ketones (excluding diaryl/α,β-unsaturated/α-hetero) is 1. The SMILES string of the molecule is CC1C(=O)[C@@H]2CCCN2C1=O. The topological polar surface area (TPSA) is 37.4 Å². The van der Waals surface area contributed by atoms with Crippen molar-refractivity contribution in [2.45, 2.75) is 25.8 Å². The molecule has 0 aromatic rings. The van der Waals surface area contributed by atoms with Gasteiger partial charge in [0, 0.05) is 6.54 Å². The molecule has 3 nitrogen and oxygen atoms in total. The zero-order valence-corrected chi connectivity index (χ0v) is 6.54. The molecule has 0 aromatic heterocycles. The Balaban J connectivity index is 2.30. The summed E-state index contributed by atoms with van der Waals surface area (Å²) in [6.07, 6.45) is 1.88. The molecule has 0 N–H and O–H groups in total. The predicted octanol–water partition coefficient (Wildman–Crippen LogP) is 0.196. The van der Waals surface area contributed by atoms with E-state index in [-0.39, 0.29) is 23.7 Å². The summed E-state index contributed by atoms with van der Waals surface area (Å²) < 4.78 is 0. The third-order valence-electron chi connectivity index (χ3n) is 2.66. The van der Waals surface area contributed by atoms with Crippen LogP contribution in [0, 0.1) is 5.92 Å². The van der Waals surface area contributed by atoms with Crippen molar-refractivity contribution in [2.24, 2.45) is 5.92 Å². The molecule has 2 heterocycles. The number of carbonyl (C=O) groups excluding carboxylic acids is 2. The van der Waals surface area contributed by atoms with E-state index in [0.29, 0.717) is 0 Å². The first-order chi connectivity index (χ1) is 5.22. The van der Waals surface area contributed by atoms with Crippen molar-refractivity contribution in [3.63, 3.8) is 0 Å². The average Bonchev–Trinajstić information content (AvgIpc) is 2.53. The number of carbonyl (C=O) groups is 2. The normalized spacial score (nSPS) is 36.6. The van der Waals surface area contributed by atoms with E-state index < -0.39 is 0 Å². The fraction of sp³-hybridized carbons (Fsp3) is 0.750. The summed E-state index contributed by atoms with van der Waals surface area (Å²) in [5.41, 5.74) is 0. The molecule has 0 aromatic carbocycles. The minimum Gasteiger partial charge on any atom is -0.332 e. The zero-order valence-electron chi connectivity index (χ0n) is 6.54. The predicted molar refractivity (Wildman–Crippen MR) is 38.9 cm³/mol. The van der Waals surface area contributed by atoms with Gasteiger partial charge in [0.1, 0.15) is 0 Å². The minimum atomic E-state index is -0.361. The zero-order chi connectivity index (χ0) is 8.01. The van der Waals surface area contributed by atoms with Gasteiger partial charge in [-0.1, -0.05) is 0 Å². The molecule has 3 heteroatoms. The molecule has 2 atom stereocenters. The smallest absolute Gasteiger partial charge is 0.233 e. The van der Waals surface area contributed by atoms with Crippen LogP contribution in [0.5, 0.6) is 0 Å². The maximum Gasteiger partial charge on any atom is 0.233 e. The summed E-state index contributed by atoms with van der Waals surface area (Å²) in [6, 6.07) is -0.0579. The molecule has 2 aliphatic rings. The highest BCUT2D eigenvalue weighted by atomic mass is 16.2. The summed E-state index contributed by atoms with van der Waals surface area (Å²) >= 11 is 0. The van der Waals surface area contributed by atoms with Gasteiger partial charge in [0.05, 0.1) is 12.0 Å². The van der Waals surface area contributed by atoms with E-state index in [9.17, 15) is 9.59 Å². The molecule has 2 rings (SSSR count). The van der Waals surface area contributed by atoms with Gasteiger partial charge in [-0.15, -0.1) is 0 Å². The second-order valence-electron chi connectivity index (χ2n) is 3.31. The molecule has 0 aliphatic carbocycles. The van der Waals surface area contributed by atoms with Crippen LogP contribution in [-0.2, 0) is 9.59 Å². The third-order valence-corrected chi connectivity index (χ3v) is 2.66. The summed E-state index contributed by atoms with van der Waals surface area (Å²) in [5, 5.41) is 0. The lowest BCUT2D eigenvalue weighted by atomic mass is 10.0. The molecule has 0 bridgehead atoms. The fourth-order valence-corrected chi connectivity index (χ4v) is 1.99. The highest BCUT2D eigenvalue weighted by Crippen LogP contribution is 2.29. The van der Waals surface area contributed by atoms with Gasteiger partial charge >= 0.3 is 0 Å². The van der Waals surface area contributed by atoms with Crippen LogP contribution in [0.2, 0.25) is 0 Å². The molecule has 60 valence electrons. The fourth-order valence-electron chi connectivity index (χ4n) is 1.99. The highest BCUT2D eigenvalue weighted by Gasteiger charge is 2.46. The first kappa shape index (κ1) is 6.83. The van der Waals surface area contributed by atoms with E-state index >= 15 is 0 Å². The molecule has 1 unspecified atom stereocenters. The lowest BCUT2D eigenvalue weighted by molar-refractivity contribution is -0.131. The molecule has 11 heavy (non-hydrogen) atoms. The third kappa shape index (κ3) is 0.737. The number of rotatable bonds is 0.